The van der Waals surface area contributed by atoms with Crippen molar-refractivity contribution in [2.75, 3.05) is 0 Å². The van der Waals surface area contributed by atoms with E-state index in [4.69, 9.17) is 4.98 Å². The van der Waals surface area contributed by atoms with E-state index in [9.17, 15) is 0 Å². The Morgan fingerprint density at radius 2 is 1.25 bits per heavy atom. The van der Waals surface area contributed by atoms with Crippen LogP contribution in [0.25, 0.3) is 80.3 Å². The van der Waals surface area contributed by atoms with Gasteiger partial charge >= 0.3 is 0 Å². The van der Waals surface area contributed by atoms with E-state index in [0.717, 1.165) is 45.2 Å². The standard InChI is InChI=1S/C35H23N5/c1-3-25-27-13-9-22-7-5-19-39(34(22)27)32(25)17-12-24-11-15-29-30(37-38-31(29)21-36-24)16-18-33-26(4-2)28-14-10-23-8-6-20-40(33)35(23)28/h3-21H,1-2H2/b17-12+,18-16+. The second-order valence-corrected chi connectivity index (χ2v) is 9.93. The Labute approximate surface area is 230 Å². The van der Waals surface area contributed by atoms with Gasteiger partial charge in [-0.3, -0.25) is 4.98 Å². The summed E-state index contributed by atoms with van der Waals surface area (Å²) >= 11 is 0. The van der Waals surface area contributed by atoms with Crippen LogP contribution in [0.4, 0.5) is 0 Å². The quantitative estimate of drug-likeness (QED) is 0.225. The molecule has 8 rings (SSSR count). The zero-order chi connectivity index (χ0) is 26.8. The van der Waals surface area contributed by atoms with Gasteiger partial charge in [-0.25, -0.2) is 0 Å². The fourth-order valence-corrected chi connectivity index (χ4v) is 6.04. The van der Waals surface area contributed by atoms with Crippen LogP contribution in [-0.4, -0.2) is 24.0 Å². The van der Waals surface area contributed by atoms with Crippen LogP contribution < -0.4 is 0 Å². The summed E-state index contributed by atoms with van der Waals surface area (Å²) < 4.78 is 4.44. The minimum atomic E-state index is 0.752. The van der Waals surface area contributed by atoms with Crippen LogP contribution in [0.1, 0.15) is 33.9 Å². The summed E-state index contributed by atoms with van der Waals surface area (Å²) in [5.74, 6) is 0. The van der Waals surface area contributed by atoms with Gasteiger partial charge in [-0.2, -0.15) is 0 Å². The number of hydrogen-bond acceptors (Lipinski definition) is 3. The average Bonchev–Trinajstić information content (AvgIpc) is 3.78. The number of rotatable bonds is 6. The first kappa shape index (κ1) is 22.4. The smallest absolute Gasteiger partial charge is 0.113 e. The maximum atomic E-state index is 4.69. The van der Waals surface area contributed by atoms with Crippen molar-refractivity contribution in [2.45, 2.75) is 0 Å². The highest BCUT2D eigenvalue weighted by atomic mass is 15.1. The first-order valence-corrected chi connectivity index (χ1v) is 13.2. The summed E-state index contributed by atoms with van der Waals surface area (Å²) in [6.45, 7) is 8.14. The van der Waals surface area contributed by atoms with Crippen molar-refractivity contribution < 1.29 is 0 Å². The highest BCUT2D eigenvalue weighted by Gasteiger charge is 2.16. The van der Waals surface area contributed by atoms with Crippen molar-refractivity contribution in [1.29, 1.82) is 0 Å². The molecule has 6 heterocycles. The second-order valence-electron chi connectivity index (χ2n) is 9.93. The Morgan fingerprint density at radius 1 is 0.625 bits per heavy atom. The highest BCUT2D eigenvalue weighted by Crippen LogP contribution is 2.34. The van der Waals surface area contributed by atoms with E-state index in [1.807, 2.05) is 36.4 Å². The molecule has 0 unspecified atom stereocenters. The first-order valence-electron chi connectivity index (χ1n) is 13.2. The molecular weight excluding hydrogens is 490 g/mol. The zero-order valence-electron chi connectivity index (χ0n) is 21.6. The summed E-state index contributed by atoms with van der Waals surface area (Å²) in [6, 6.07) is 21.1. The van der Waals surface area contributed by atoms with Crippen LogP contribution in [0.15, 0.2) is 92.4 Å². The molecule has 40 heavy (non-hydrogen) atoms. The van der Waals surface area contributed by atoms with Gasteiger partial charge in [0, 0.05) is 39.9 Å². The maximum Gasteiger partial charge on any atom is 0.113 e. The van der Waals surface area contributed by atoms with Crippen molar-refractivity contribution in [1.82, 2.24) is 24.0 Å². The lowest BCUT2D eigenvalue weighted by molar-refractivity contribution is 1.08. The lowest BCUT2D eigenvalue weighted by Crippen LogP contribution is -1.87. The Balaban J connectivity index is 1.17. The monoisotopic (exact) mass is 513 g/mol. The molecule has 0 N–H and O–H groups in total. The van der Waals surface area contributed by atoms with E-state index in [1.54, 1.807) is 6.20 Å². The van der Waals surface area contributed by atoms with Gasteiger partial charge in [-0.15, -0.1) is 10.2 Å². The van der Waals surface area contributed by atoms with E-state index in [-0.39, 0.29) is 0 Å². The summed E-state index contributed by atoms with van der Waals surface area (Å²) in [4.78, 5) is 4.69. The molecule has 4 aromatic heterocycles. The van der Waals surface area contributed by atoms with Gasteiger partial charge in [-0.1, -0.05) is 61.7 Å². The topological polar surface area (TPSA) is 47.5 Å². The van der Waals surface area contributed by atoms with Gasteiger partial charge in [0.25, 0.3) is 0 Å². The predicted octanol–water partition coefficient (Wildman–Crippen LogP) is 8.29. The Hall–Kier alpha value is -5.55. The summed E-state index contributed by atoms with van der Waals surface area (Å²) in [7, 11) is 0. The summed E-state index contributed by atoms with van der Waals surface area (Å²) in [5.41, 5.74) is 10.2. The van der Waals surface area contributed by atoms with Crippen LogP contribution >= 0.6 is 0 Å². The predicted molar refractivity (Wildman–Crippen MR) is 167 cm³/mol. The second kappa shape index (κ2) is 8.48. The Bertz CT molecular complexity index is 2260. The third kappa shape index (κ3) is 3.12. The number of hydrogen-bond donors (Lipinski definition) is 0. The van der Waals surface area contributed by atoms with Crippen LogP contribution in [0.2, 0.25) is 0 Å². The van der Waals surface area contributed by atoms with Crippen molar-refractivity contribution in [3.05, 3.63) is 126 Å². The molecule has 0 saturated heterocycles. The molecular formula is C35H23N5. The Kier molecular flexibility index (Phi) is 4.76. The normalized spacial score (nSPS) is 12.5. The molecule has 5 nitrogen and oxygen atoms in total. The highest BCUT2D eigenvalue weighted by molar-refractivity contribution is 6.07. The van der Waals surface area contributed by atoms with Gasteiger partial charge < -0.3 is 8.80 Å². The molecule has 6 aromatic rings. The average molecular weight is 514 g/mol. The minimum Gasteiger partial charge on any atom is -0.315 e. The Morgan fingerprint density at radius 3 is 1.88 bits per heavy atom. The SMILES string of the molecule is C=Cc1c(/C=C/c2ccc3c(/C=C/c4c(C=C)c5ccc6cccn4c65)nnc-3cn2)n2cccc3ccc1c32. The van der Waals surface area contributed by atoms with E-state index >= 15 is 0 Å². The van der Waals surface area contributed by atoms with Crippen molar-refractivity contribution >= 4 is 69.0 Å². The number of fused-ring (bicyclic) bond motifs is 1. The largest absolute Gasteiger partial charge is 0.315 e. The van der Waals surface area contributed by atoms with Crippen molar-refractivity contribution in [2.24, 2.45) is 0 Å². The van der Waals surface area contributed by atoms with Gasteiger partial charge in [0.15, 0.2) is 0 Å². The van der Waals surface area contributed by atoms with Gasteiger partial charge in [0.1, 0.15) is 5.69 Å². The molecule has 2 aliphatic heterocycles. The molecule has 0 saturated carbocycles. The molecule has 2 aliphatic rings. The molecule has 0 atom stereocenters. The molecule has 0 amide bonds. The fraction of sp³-hybridized carbons (Fsp3) is 0. The molecule has 5 heteroatoms. The zero-order valence-corrected chi connectivity index (χ0v) is 21.6. The van der Waals surface area contributed by atoms with Gasteiger partial charge in [0.05, 0.1) is 40.0 Å². The molecule has 2 aromatic carbocycles. The third-order valence-corrected chi connectivity index (χ3v) is 7.86. The van der Waals surface area contributed by atoms with E-state index in [2.05, 4.69) is 105 Å². The van der Waals surface area contributed by atoms with Crippen LogP contribution in [-0.2, 0) is 0 Å². The number of aromatic nitrogens is 5. The van der Waals surface area contributed by atoms with Crippen molar-refractivity contribution in [3.63, 3.8) is 0 Å². The maximum absolute atomic E-state index is 4.69. The molecule has 0 bridgehead atoms. The third-order valence-electron chi connectivity index (χ3n) is 7.86. The van der Waals surface area contributed by atoms with Crippen molar-refractivity contribution in [3.8, 4) is 11.3 Å². The van der Waals surface area contributed by atoms with E-state index in [1.165, 1.54) is 32.6 Å². The van der Waals surface area contributed by atoms with Gasteiger partial charge in [-0.05, 0) is 59.3 Å². The van der Waals surface area contributed by atoms with Crippen LogP contribution in [0.3, 0.4) is 0 Å². The van der Waals surface area contributed by atoms with E-state index in [0.29, 0.717) is 0 Å². The van der Waals surface area contributed by atoms with Gasteiger partial charge in [0.2, 0.25) is 0 Å². The number of nitrogens with zero attached hydrogens (tertiary/aromatic N) is 5. The molecule has 0 radical (unpaired) electrons. The summed E-state index contributed by atoms with van der Waals surface area (Å²) in [6.07, 6.45) is 18.1. The molecule has 0 spiro atoms. The first-order chi connectivity index (χ1) is 19.7. The number of pyridine rings is 2. The lowest BCUT2D eigenvalue weighted by atomic mass is 10.1. The van der Waals surface area contributed by atoms with Crippen LogP contribution in [0.5, 0.6) is 0 Å². The molecule has 0 fully saturated rings. The molecule has 188 valence electrons. The molecule has 0 aliphatic carbocycles. The lowest BCUT2D eigenvalue weighted by Gasteiger charge is -2.00. The summed E-state index contributed by atoms with van der Waals surface area (Å²) in [5, 5.41) is 13.7. The van der Waals surface area contributed by atoms with Crippen LogP contribution in [0, 0.1) is 0 Å². The fourth-order valence-electron chi connectivity index (χ4n) is 6.04. The van der Waals surface area contributed by atoms with E-state index < -0.39 is 0 Å². The minimum absolute atomic E-state index is 0.752.